The van der Waals surface area contributed by atoms with Crippen LogP contribution in [0.1, 0.15) is 24.2 Å². The second kappa shape index (κ2) is 4.43. The molecule has 0 saturated carbocycles. The SMILES string of the molecule is COc1cc(C(C)O)c(S(C)(=O)=O)cc1C. The van der Waals surface area contributed by atoms with Crippen molar-refractivity contribution in [2.75, 3.05) is 13.4 Å². The van der Waals surface area contributed by atoms with Gasteiger partial charge in [-0.05, 0) is 31.5 Å². The van der Waals surface area contributed by atoms with E-state index < -0.39 is 15.9 Å². The van der Waals surface area contributed by atoms with E-state index in [2.05, 4.69) is 0 Å². The third-order valence-corrected chi connectivity index (χ3v) is 3.53. The number of aryl methyl sites for hydroxylation is 1. The molecule has 1 N–H and O–H groups in total. The smallest absolute Gasteiger partial charge is 0.175 e. The molecule has 90 valence electrons. The molecule has 4 nitrogen and oxygen atoms in total. The molecule has 1 atom stereocenters. The summed E-state index contributed by atoms with van der Waals surface area (Å²) in [5.41, 5.74) is 1.09. The van der Waals surface area contributed by atoms with Gasteiger partial charge in [0, 0.05) is 11.8 Å². The number of sulfone groups is 1. The van der Waals surface area contributed by atoms with Crippen molar-refractivity contribution in [1.29, 1.82) is 0 Å². The molecule has 0 aliphatic heterocycles. The van der Waals surface area contributed by atoms with Crippen molar-refractivity contribution < 1.29 is 18.3 Å². The van der Waals surface area contributed by atoms with Crippen LogP contribution in [0.4, 0.5) is 0 Å². The largest absolute Gasteiger partial charge is 0.496 e. The normalized spacial score (nSPS) is 13.6. The van der Waals surface area contributed by atoms with Gasteiger partial charge in [-0.3, -0.25) is 0 Å². The quantitative estimate of drug-likeness (QED) is 0.874. The van der Waals surface area contributed by atoms with Crippen molar-refractivity contribution in [1.82, 2.24) is 0 Å². The van der Waals surface area contributed by atoms with Crippen molar-refractivity contribution in [3.05, 3.63) is 23.3 Å². The molecule has 0 fully saturated rings. The number of aliphatic hydroxyl groups is 1. The van der Waals surface area contributed by atoms with Crippen LogP contribution in [-0.4, -0.2) is 26.9 Å². The fraction of sp³-hybridized carbons (Fsp3) is 0.455. The molecular weight excluding hydrogens is 228 g/mol. The van der Waals surface area contributed by atoms with Crippen LogP contribution in [0.2, 0.25) is 0 Å². The van der Waals surface area contributed by atoms with E-state index in [-0.39, 0.29) is 4.90 Å². The topological polar surface area (TPSA) is 63.6 Å². The zero-order chi connectivity index (χ0) is 12.5. The number of benzene rings is 1. The van der Waals surface area contributed by atoms with Crippen LogP contribution in [0.15, 0.2) is 17.0 Å². The lowest BCUT2D eigenvalue weighted by Gasteiger charge is -2.14. The first kappa shape index (κ1) is 13.0. The van der Waals surface area contributed by atoms with E-state index in [9.17, 15) is 13.5 Å². The highest BCUT2D eigenvalue weighted by molar-refractivity contribution is 7.90. The average molecular weight is 244 g/mol. The Bertz CT molecular complexity index is 489. The Hall–Kier alpha value is -1.07. The molecule has 5 heteroatoms. The first-order chi connectivity index (χ1) is 7.27. The summed E-state index contributed by atoms with van der Waals surface area (Å²) in [7, 11) is -1.83. The molecule has 1 aromatic rings. The van der Waals surface area contributed by atoms with Gasteiger partial charge in [-0.1, -0.05) is 0 Å². The van der Waals surface area contributed by atoms with E-state index in [0.29, 0.717) is 11.3 Å². The van der Waals surface area contributed by atoms with E-state index in [1.807, 2.05) is 0 Å². The second-order valence-corrected chi connectivity index (χ2v) is 5.79. The number of rotatable bonds is 3. The molecule has 0 radical (unpaired) electrons. The number of methoxy groups -OCH3 is 1. The van der Waals surface area contributed by atoms with Gasteiger partial charge >= 0.3 is 0 Å². The molecule has 0 amide bonds. The predicted octanol–water partition coefficient (Wildman–Crippen LogP) is 1.46. The minimum absolute atomic E-state index is 0.154. The van der Waals surface area contributed by atoms with Crippen molar-refractivity contribution in [3.8, 4) is 5.75 Å². The lowest BCUT2D eigenvalue weighted by Crippen LogP contribution is -2.06. The van der Waals surface area contributed by atoms with Crippen molar-refractivity contribution >= 4 is 9.84 Å². The fourth-order valence-electron chi connectivity index (χ4n) is 1.54. The number of hydrogen-bond acceptors (Lipinski definition) is 4. The van der Waals surface area contributed by atoms with Crippen LogP contribution in [0, 0.1) is 6.92 Å². The van der Waals surface area contributed by atoms with Crippen LogP contribution in [0.3, 0.4) is 0 Å². The molecule has 1 rings (SSSR count). The zero-order valence-electron chi connectivity index (χ0n) is 9.81. The Morgan fingerprint density at radius 2 is 1.94 bits per heavy atom. The van der Waals surface area contributed by atoms with Gasteiger partial charge in [0.05, 0.1) is 18.1 Å². The highest BCUT2D eigenvalue weighted by Crippen LogP contribution is 2.29. The van der Waals surface area contributed by atoms with Crippen LogP contribution in [0.25, 0.3) is 0 Å². The molecule has 0 aromatic heterocycles. The predicted molar refractivity (Wildman–Crippen MR) is 61.5 cm³/mol. The maximum absolute atomic E-state index is 11.6. The van der Waals surface area contributed by atoms with Crippen molar-refractivity contribution in [2.45, 2.75) is 24.8 Å². The van der Waals surface area contributed by atoms with Gasteiger partial charge in [-0.2, -0.15) is 0 Å². The van der Waals surface area contributed by atoms with Crippen LogP contribution < -0.4 is 4.74 Å². The minimum atomic E-state index is -3.34. The van der Waals surface area contributed by atoms with Crippen LogP contribution >= 0.6 is 0 Å². The summed E-state index contributed by atoms with van der Waals surface area (Å²) in [5.74, 6) is 0.573. The van der Waals surface area contributed by atoms with E-state index >= 15 is 0 Å². The van der Waals surface area contributed by atoms with E-state index in [1.54, 1.807) is 13.0 Å². The fourth-order valence-corrected chi connectivity index (χ4v) is 2.59. The lowest BCUT2D eigenvalue weighted by atomic mass is 10.1. The van der Waals surface area contributed by atoms with Gasteiger partial charge < -0.3 is 9.84 Å². The molecule has 0 heterocycles. The van der Waals surface area contributed by atoms with E-state index in [0.717, 1.165) is 11.8 Å². The molecule has 16 heavy (non-hydrogen) atoms. The number of aliphatic hydroxyl groups excluding tert-OH is 1. The van der Waals surface area contributed by atoms with E-state index in [1.165, 1.54) is 20.1 Å². The highest BCUT2D eigenvalue weighted by atomic mass is 32.2. The summed E-state index contributed by atoms with van der Waals surface area (Å²) in [6.45, 7) is 3.29. The third-order valence-electron chi connectivity index (χ3n) is 2.38. The van der Waals surface area contributed by atoms with Crippen LogP contribution in [0.5, 0.6) is 5.75 Å². The molecule has 0 aliphatic rings. The summed E-state index contributed by atoms with van der Waals surface area (Å²) in [4.78, 5) is 0.154. The average Bonchev–Trinajstić information content (AvgIpc) is 2.15. The first-order valence-corrected chi connectivity index (χ1v) is 6.73. The van der Waals surface area contributed by atoms with Crippen LogP contribution in [-0.2, 0) is 9.84 Å². The highest BCUT2D eigenvalue weighted by Gasteiger charge is 2.19. The second-order valence-electron chi connectivity index (χ2n) is 3.81. The van der Waals surface area contributed by atoms with Gasteiger partial charge in [0.1, 0.15) is 5.75 Å². The summed E-state index contributed by atoms with van der Waals surface area (Å²) in [6, 6.07) is 3.09. The standard InChI is InChI=1S/C11H16O4S/c1-7-5-11(16(4,13)14)9(8(2)12)6-10(7)15-3/h5-6,8,12H,1-4H3. The van der Waals surface area contributed by atoms with Gasteiger partial charge in [-0.25, -0.2) is 8.42 Å². The van der Waals surface area contributed by atoms with Gasteiger partial charge in [0.25, 0.3) is 0 Å². The van der Waals surface area contributed by atoms with Gasteiger partial charge in [0.2, 0.25) is 0 Å². The summed E-state index contributed by atoms with van der Waals surface area (Å²) >= 11 is 0. The minimum Gasteiger partial charge on any atom is -0.496 e. The molecule has 0 saturated heterocycles. The van der Waals surface area contributed by atoms with Gasteiger partial charge in [0.15, 0.2) is 9.84 Å². The third kappa shape index (κ3) is 2.54. The first-order valence-electron chi connectivity index (χ1n) is 4.84. The summed E-state index contributed by atoms with van der Waals surface area (Å²) < 4.78 is 28.2. The molecule has 1 aromatic carbocycles. The Morgan fingerprint density at radius 1 is 1.38 bits per heavy atom. The monoisotopic (exact) mass is 244 g/mol. The maximum atomic E-state index is 11.6. The molecule has 0 aliphatic carbocycles. The zero-order valence-corrected chi connectivity index (χ0v) is 10.6. The van der Waals surface area contributed by atoms with Crippen molar-refractivity contribution in [2.24, 2.45) is 0 Å². The summed E-state index contributed by atoms with van der Waals surface area (Å²) in [5, 5.41) is 9.56. The summed E-state index contributed by atoms with van der Waals surface area (Å²) in [6.07, 6.45) is 0.277. The Morgan fingerprint density at radius 3 is 2.31 bits per heavy atom. The Kier molecular flexibility index (Phi) is 3.60. The Balaban J connectivity index is 3.55. The van der Waals surface area contributed by atoms with Gasteiger partial charge in [-0.15, -0.1) is 0 Å². The Labute approximate surface area is 95.8 Å². The molecular formula is C11H16O4S. The van der Waals surface area contributed by atoms with E-state index in [4.69, 9.17) is 4.74 Å². The maximum Gasteiger partial charge on any atom is 0.175 e. The molecule has 0 bridgehead atoms. The molecule has 1 unspecified atom stereocenters. The number of ether oxygens (including phenoxy) is 1. The lowest BCUT2D eigenvalue weighted by molar-refractivity contribution is 0.195. The number of hydrogen-bond donors (Lipinski definition) is 1. The van der Waals surface area contributed by atoms with Crippen molar-refractivity contribution in [3.63, 3.8) is 0 Å². The molecule has 0 spiro atoms.